The van der Waals surface area contributed by atoms with Crippen LogP contribution >= 0.6 is 0 Å². The lowest BCUT2D eigenvalue weighted by Crippen LogP contribution is -2.46. The summed E-state index contributed by atoms with van der Waals surface area (Å²) in [5.41, 5.74) is 0. The standard InChI is InChI=1S/C14H18F2N2O2S/c15-10-4-5-11(16)14(9-10)21(19,20)17-12-6-8-18-7-2-1-3-13(12)18/h4-5,9,12-13,17H,1-3,6-8H2/t12-,13-/m1/s1. The van der Waals surface area contributed by atoms with E-state index in [2.05, 4.69) is 9.62 Å². The molecule has 21 heavy (non-hydrogen) atoms. The summed E-state index contributed by atoms with van der Waals surface area (Å²) in [4.78, 5) is 1.66. The van der Waals surface area contributed by atoms with E-state index in [9.17, 15) is 17.2 Å². The van der Waals surface area contributed by atoms with Gasteiger partial charge in [-0.2, -0.15) is 0 Å². The SMILES string of the molecule is O=S(=O)(N[C@@H]1CCN2CCCC[C@H]12)c1cc(F)ccc1F. The Morgan fingerprint density at radius 1 is 1.14 bits per heavy atom. The van der Waals surface area contributed by atoms with E-state index in [0.717, 1.165) is 50.6 Å². The van der Waals surface area contributed by atoms with Crippen LogP contribution in [0.25, 0.3) is 0 Å². The maximum Gasteiger partial charge on any atom is 0.243 e. The third kappa shape index (κ3) is 2.95. The largest absolute Gasteiger partial charge is 0.299 e. The Hall–Kier alpha value is -1.05. The first-order valence-corrected chi connectivity index (χ1v) is 8.67. The van der Waals surface area contributed by atoms with E-state index in [-0.39, 0.29) is 12.1 Å². The number of nitrogens with zero attached hydrogens (tertiary/aromatic N) is 1. The van der Waals surface area contributed by atoms with Crippen molar-refractivity contribution in [2.45, 2.75) is 42.7 Å². The first kappa shape index (κ1) is 14.9. The number of fused-ring (bicyclic) bond motifs is 1. The van der Waals surface area contributed by atoms with Gasteiger partial charge in [0.1, 0.15) is 16.5 Å². The summed E-state index contributed by atoms with van der Waals surface area (Å²) < 4.78 is 54.0. The van der Waals surface area contributed by atoms with Crippen molar-refractivity contribution >= 4 is 10.0 Å². The summed E-state index contributed by atoms with van der Waals surface area (Å²) in [6.45, 7) is 1.83. The fraction of sp³-hybridized carbons (Fsp3) is 0.571. The van der Waals surface area contributed by atoms with Crippen LogP contribution in [0.5, 0.6) is 0 Å². The van der Waals surface area contributed by atoms with Gasteiger partial charge in [0.2, 0.25) is 10.0 Å². The molecular formula is C14H18F2N2O2S. The average molecular weight is 316 g/mol. The van der Waals surface area contributed by atoms with Gasteiger partial charge in [-0.05, 0) is 44.0 Å². The summed E-state index contributed by atoms with van der Waals surface area (Å²) in [6, 6.07) is 2.42. The predicted octanol–water partition coefficient (Wildman–Crippen LogP) is 1.87. The number of rotatable bonds is 3. The van der Waals surface area contributed by atoms with E-state index in [0.29, 0.717) is 6.42 Å². The monoisotopic (exact) mass is 316 g/mol. The smallest absolute Gasteiger partial charge is 0.243 e. The molecule has 7 heteroatoms. The molecule has 0 saturated carbocycles. The molecule has 2 aliphatic heterocycles. The Balaban J connectivity index is 1.81. The molecule has 2 fully saturated rings. The van der Waals surface area contributed by atoms with Crippen molar-refractivity contribution in [2.75, 3.05) is 13.1 Å². The molecule has 0 bridgehead atoms. The molecule has 4 nitrogen and oxygen atoms in total. The first-order valence-electron chi connectivity index (χ1n) is 7.19. The van der Waals surface area contributed by atoms with Crippen LogP contribution in [0.1, 0.15) is 25.7 Å². The maximum atomic E-state index is 13.7. The lowest BCUT2D eigenvalue weighted by molar-refractivity contribution is 0.186. The number of benzene rings is 1. The van der Waals surface area contributed by atoms with E-state index < -0.39 is 26.6 Å². The molecule has 2 saturated heterocycles. The van der Waals surface area contributed by atoms with Crippen LogP contribution < -0.4 is 4.72 Å². The second-order valence-electron chi connectivity index (χ2n) is 5.69. The normalized spacial score (nSPS) is 26.8. The quantitative estimate of drug-likeness (QED) is 0.926. The molecule has 1 aromatic carbocycles. The van der Waals surface area contributed by atoms with Gasteiger partial charge in [0.15, 0.2) is 0 Å². The van der Waals surface area contributed by atoms with Gasteiger partial charge >= 0.3 is 0 Å². The van der Waals surface area contributed by atoms with Gasteiger partial charge in [-0.3, -0.25) is 4.90 Å². The van der Waals surface area contributed by atoms with Crippen LogP contribution in [0.3, 0.4) is 0 Å². The van der Waals surface area contributed by atoms with Crippen LogP contribution in [-0.4, -0.2) is 38.5 Å². The number of sulfonamides is 1. The van der Waals surface area contributed by atoms with Crippen molar-refractivity contribution in [2.24, 2.45) is 0 Å². The predicted molar refractivity (Wildman–Crippen MR) is 74.3 cm³/mol. The maximum absolute atomic E-state index is 13.7. The number of hydrogen-bond donors (Lipinski definition) is 1. The molecule has 2 heterocycles. The first-order chi connectivity index (χ1) is 9.97. The minimum atomic E-state index is -4.04. The number of piperidine rings is 1. The lowest BCUT2D eigenvalue weighted by Gasteiger charge is -2.32. The van der Waals surface area contributed by atoms with Crippen molar-refractivity contribution in [1.29, 1.82) is 0 Å². The second kappa shape index (κ2) is 5.62. The Labute approximate surface area is 123 Å². The third-order valence-electron chi connectivity index (χ3n) is 4.35. The van der Waals surface area contributed by atoms with Crippen LogP contribution in [0.15, 0.2) is 23.1 Å². The van der Waals surface area contributed by atoms with E-state index in [1.54, 1.807) is 0 Å². The van der Waals surface area contributed by atoms with Crippen LogP contribution in [0.2, 0.25) is 0 Å². The zero-order valence-electron chi connectivity index (χ0n) is 11.6. The van der Waals surface area contributed by atoms with E-state index in [1.807, 2.05) is 0 Å². The van der Waals surface area contributed by atoms with E-state index in [4.69, 9.17) is 0 Å². The van der Waals surface area contributed by atoms with Crippen LogP contribution in [0, 0.1) is 11.6 Å². The molecule has 116 valence electrons. The highest BCUT2D eigenvalue weighted by Crippen LogP contribution is 2.28. The highest BCUT2D eigenvalue weighted by Gasteiger charge is 2.38. The Morgan fingerprint density at radius 2 is 1.95 bits per heavy atom. The Kier molecular flexibility index (Phi) is 3.98. The summed E-state index contributed by atoms with van der Waals surface area (Å²) in [7, 11) is -4.04. The van der Waals surface area contributed by atoms with Crippen molar-refractivity contribution in [3.63, 3.8) is 0 Å². The number of halogens is 2. The summed E-state index contributed by atoms with van der Waals surface area (Å²) >= 11 is 0. The lowest BCUT2D eigenvalue weighted by atomic mass is 10.00. The zero-order chi connectivity index (χ0) is 15.0. The van der Waals surface area contributed by atoms with E-state index >= 15 is 0 Å². The molecule has 2 aliphatic rings. The minimum Gasteiger partial charge on any atom is -0.299 e. The fourth-order valence-corrected chi connectivity index (χ4v) is 4.72. The summed E-state index contributed by atoms with van der Waals surface area (Å²) in [5.74, 6) is -1.69. The molecule has 1 aromatic rings. The average Bonchev–Trinajstić information content (AvgIpc) is 2.84. The minimum absolute atomic E-state index is 0.171. The van der Waals surface area contributed by atoms with Gasteiger partial charge in [-0.1, -0.05) is 6.42 Å². The fourth-order valence-electron chi connectivity index (χ4n) is 3.33. The van der Waals surface area contributed by atoms with Gasteiger partial charge in [-0.25, -0.2) is 21.9 Å². The molecule has 0 aromatic heterocycles. The van der Waals surface area contributed by atoms with Gasteiger partial charge in [0.25, 0.3) is 0 Å². The van der Waals surface area contributed by atoms with Gasteiger partial charge in [0, 0.05) is 18.6 Å². The molecule has 0 radical (unpaired) electrons. The number of nitrogens with one attached hydrogen (secondary N) is 1. The highest BCUT2D eigenvalue weighted by atomic mass is 32.2. The van der Waals surface area contributed by atoms with Gasteiger partial charge < -0.3 is 0 Å². The highest BCUT2D eigenvalue weighted by molar-refractivity contribution is 7.89. The van der Waals surface area contributed by atoms with E-state index in [1.165, 1.54) is 0 Å². The van der Waals surface area contributed by atoms with Crippen LogP contribution in [-0.2, 0) is 10.0 Å². The van der Waals surface area contributed by atoms with Crippen molar-refractivity contribution in [1.82, 2.24) is 9.62 Å². The molecule has 2 atom stereocenters. The summed E-state index contributed by atoms with van der Waals surface area (Å²) in [5, 5.41) is 0. The topological polar surface area (TPSA) is 49.4 Å². The second-order valence-corrected chi connectivity index (χ2v) is 7.37. The van der Waals surface area contributed by atoms with Crippen molar-refractivity contribution in [3.8, 4) is 0 Å². The van der Waals surface area contributed by atoms with Gasteiger partial charge in [0.05, 0.1) is 0 Å². The van der Waals surface area contributed by atoms with Crippen molar-refractivity contribution in [3.05, 3.63) is 29.8 Å². The molecular weight excluding hydrogens is 298 g/mol. The summed E-state index contributed by atoms with van der Waals surface area (Å²) in [6.07, 6.45) is 3.86. The Bertz CT molecular complexity index is 636. The third-order valence-corrected chi connectivity index (χ3v) is 5.85. The Morgan fingerprint density at radius 3 is 2.76 bits per heavy atom. The van der Waals surface area contributed by atoms with Crippen molar-refractivity contribution < 1.29 is 17.2 Å². The van der Waals surface area contributed by atoms with Gasteiger partial charge in [-0.15, -0.1) is 0 Å². The molecule has 3 rings (SSSR count). The van der Waals surface area contributed by atoms with Crippen LogP contribution in [0.4, 0.5) is 8.78 Å². The number of hydrogen-bond acceptors (Lipinski definition) is 3. The molecule has 0 spiro atoms. The zero-order valence-corrected chi connectivity index (χ0v) is 12.4. The molecule has 0 amide bonds. The molecule has 0 unspecified atom stereocenters. The molecule has 0 aliphatic carbocycles. The molecule has 1 N–H and O–H groups in total.